The Morgan fingerprint density at radius 1 is 1.78 bits per heavy atom. The number of aliphatic hydroxyl groups is 1. The van der Waals surface area contributed by atoms with Crippen molar-refractivity contribution in [1.29, 1.82) is 0 Å². The molecule has 9 heavy (non-hydrogen) atoms. The highest BCUT2D eigenvalue weighted by Gasteiger charge is 2.31. The minimum absolute atomic E-state index is 0.656. The van der Waals surface area contributed by atoms with Crippen LogP contribution in [0, 0.1) is 0 Å². The first-order valence-corrected chi connectivity index (χ1v) is 3.03. The standard InChI is InChI=1S/C6H12N2O/c1-5-4-6(2,9)8(3)7-5/h9H,4H2,1-3H3. The van der Waals surface area contributed by atoms with Gasteiger partial charge < -0.3 is 5.11 Å². The summed E-state index contributed by atoms with van der Waals surface area (Å²) in [5.74, 6) is 0. The maximum atomic E-state index is 9.44. The zero-order valence-corrected chi connectivity index (χ0v) is 6.05. The molecule has 1 aliphatic rings. The van der Waals surface area contributed by atoms with Crippen molar-refractivity contribution in [3.8, 4) is 0 Å². The largest absolute Gasteiger partial charge is 0.369 e. The highest BCUT2D eigenvalue weighted by molar-refractivity contribution is 5.83. The molecule has 1 heterocycles. The number of nitrogens with zero attached hydrogens (tertiary/aromatic N) is 2. The van der Waals surface area contributed by atoms with Crippen LogP contribution in [0.15, 0.2) is 5.10 Å². The van der Waals surface area contributed by atoms with Gasteiger partial charge in [0.05, 0.1) is 0 Å². The predicted molar refractivity (Wildman–Crippen MR) is 36.1 cm³/mol. The molecule has 0 aromatic heterocycles. The van der Waals surface area contributed by atoms with E-state index in [9.17, 15) is 5.11 Å². The molecule has 0 amide bonds. The molecule has 0 radical (unpaired) electrons. The van der Waals surface area contributed by atoms with E-state index in [0.717, 1.165) is 5.71 Å². The van der Waals surface area contributed by atoms with Crippen molar-refractivity contribution in [3.63, 3.8) is 0 Å². The Labute approximate surface area is 55.0 Å². The Hall–Kier alpha value is -0.570. The van der Waals surface area contributed by atoms with Crippen molar-refractivity contribution < 1.29 is 5.11 Å². The molecule has 1 rings (SSSR count). The summed E-state index contributed by atoms with van der Waals surface area (Å²) in [7, 11) is 1.77. The Balaban J connectivity index is 2.71. The Bertz CT molecular complexity index is 151. The molecule has 1 aliphatic heterocycles. The number of hydrogen-bond donors (Lipinski definition) is 1. The second kappa shape index (κ2) is 1.70. The van der Waals surface area contributed by atoms with Gasteiger partial charge in [-0.1, -0.05) is 0 Å². The number of hydrogen-bond acceptors (Lipinski definition) is 3. The van der Waals surface area contributed by atoms with E-state index in [0.29, 0.717) is 6.42 Å². The third-order valence-electron chi connectivity index (χ3n) is 1.61. The maximum Gasteiger partial charge on any atom is 0.155 e. The first kappa shape index (κ1) is 6.55. The molecule has 0 spiro atoms. The average molecular weight is 128 g/mol. The SMILES string of the molecule is CC1=NN(C)C(C)(O)C1. The van der Waals surface area contributed by atoms with Crippen LogP contribution in [0.1, 0.15) is 20.3 Å². The van der Waals surface area contributed by atoms with E-state index in [4.69, 9.17) is 0 Å². The summed E-state index contributed by atoms with van der Waals surface area (Å²) in [6.07, 6.45) is 0.656. The third-order valence-corrected chi connectivity index (χ3v) is 1.61. The fourth-order valence-electron chi connectivity index (χ4n) is 0.998. The molecule has 0 aliphatic carbocycles. The molecule has 3 heteroatoms. The van der Waals surface area contributed by atoms with E-state index in [2.05, 4.69) is 5.10 Å². The fourth-order valence-corrected chi connectivity index (χ4v) is 0.998. The lowest BCUT2D eigenvalue weighted by molar-refractivity contribution is -0.0593. The second-order valence-electron chi connectivity index (χ2n) is 2.75. The third kappa shape index (κ3) is 1.05. The van der Waals surface area contributed by atoms with Gasteiger partial charge in [0.1, 0.15) is 0 Å². The summed E-state index contributed by atoms with van der Waals surface area (Å²) in [6.45, 7) is 3.67. The summed E-state index contributed by atoms with van der Waals surface area (Å²) >= 11 is 0. The van der Waals surface area contributed by atoms with Crippen LogP contribution >= 0.6 is 0 Å². The number of rotatable bonds is 0. The van der Waals surface area contributed by atoms with Crippen molar-refractivity contribution in [2.24, 2.45) is 5.10 Å². The van der Waals surface area contributed by atoms with Gasteiger partial charge in [-0.25, -0.2) is 0 Å². The molecule has 0 saturated heterocycles. The zero-order chi connectivity index (χ0) is 7.07. The summed E-state index contributed by atoms with van der Waals surface area (Å²) in [5.41, 5.74) is 0.242. The molecule has 0 saturated carbocycles. The fraction of sp³-hybridized carbons (Fsp3) is 0.833. The molecule has 1 N–H and O–H groups in total. The summed E-state index contributed by atoms with van der Waals surface area (Å²) in [4.78, 5) is 0. The van der Waals surface area contributed by atoms with Crippen molar-refractivity contribution in [2.75, 3.05) is 7.05 Å². The molecule has 52 valence electrons. The lowest BCUT2D eigenvalue weighted by atomic mass is 10.1. The Morgan fingerprint density at radius 2 is 2.33 bits per heavy atom. The Kier molecular flexibility index (Phi) is 1.24. The van der Waals surface area contributed by atoms with E-state index < -0.39 is 5.72 Å². The quantitative estimate of drug-likeness (QED) is 0.512. The zero-order valence-electron chi connectivity index (χ0n) is 6.05. The highest BCUT2D eigenvalue weighted by Crippen LogP contribution is 2.21. The molecular weight excluding hydrogens is 116 g/mol. The monoisotopic (exact) mass is 128 g/mol. The van der Waals surface area contributed by atoms with Gasteiger partial charge in [0, 0.05) is 19.2 Å². The van der Waals surface area contributed by atoms with Gasteiger partial charge in [-0.2, -0.15) is 5.10 Å². The van der Waals surface area contributed by atoms with Crippen molar-refractivity contribution >= 4 is 5.71 Å². The molecular formula is C6H12N2O. The van der Waals surface area contributed by atoms with Gasteiger partial charge in [0.25, 0.3) is 0 Å². The van der Waals surface area contributed by atoms with Crippen molar-refractivity contribution in [2.45, 2.75) is 26.0 Å². The van der Waals surface area contributed by atoms with E-state index in [1.807, 2.05) is 6.92 Å². The highest BCUT2D eigenvalue weighted by atomic mass is 16.3. The van der Waals surface area contributed by atoms with E-state index in [1.165, 1.54) is 0 Å². The van der Waals surface area contributed by atoms with Crippen LogP contribution in [0.25, 0.3) is 0 Å². The van der Waals surface area contributed by atoms with Crippen LogP contribution in [-0.4, -0.2) is 28.6 Å². The molecule has 1 atom stereocenters. The molecule has 0 aromatic carbocycles. The van der Waals surface area contributed by atoms with Gasteiger partial charge in [0.15, 0.2) is 5.72 Å². The van der Waals surface area contributed by atoms with Gasteiger partial charge in [-0.15, -0.1) is 0 Å². The summed E-state index contributed by atoms with van der Waals surface area (Å²) in [6, 6.07) is 0. The molecule has 1 unspecified atom stereocenters. The molecule has 0 aromatic rings. The summed E-state index contributed by atoms with van der Waals surface area (Å²) in [5, 5.41) is 15.1. The Morgan fingerprint density at radius 3 is 2.44 bits per heavy atom. The first-order chi connectivity index (χ1) is 4.02. The van der Waals surface area contributed by atoms with Crippen LogP contribution < -0.4 is 0 Å². The molecule has 0 fully saturated rings. The van der Waals surface area contributed by atoms with Gasteiger partial charge >= 0.3 is 0 Å². The lowest BCUT2D eigenvalue weighted by Crippen LogP contribution is -2.36. The number of hydrazone groups is 1. The van der Waals surface area contributed by atoms with Gasteiger partial charge in [0.2, 0.25) is 0 Å². The average Bonchev–Trinajstić information content (AvgIpc) is 1.79. The molecule has 0 bridgehead atoms. The van der Waals surface area contributed by atoms with Crippen molar-refractivity contribution in [1.82, 2.24) is 5.01 Å². The second-order valence-corrected chi connectivity index (χ2v) is 2.75. The van der Waals surface area contributed by atoms with Gasteiger partial charge in [-0.05, 0) is 13.8 Å². The predicted octanol–water partition coefficient (Wildman–Crippen LogP) is 0.406. The van der Waals surface area contributed by atoms with Crippen LogP contribution in [0.2, 0.25) is 0 Å². The first-order valence-electron chi connectivity index (χ1n) is 3.03. The smallest absolute Gasteiger partial charge is 0.155 e. The summed E-state index contributed by atoms with van der Waals surface area (Å²) < 4.78 is 0. The van der Waals surface area contributed by atoms with Crippen LogP contribution in [0.5, 0.6) is 0 Å². The van der Waals surface area contributed by atoms with Crippen LogP contribution in [-0.2, 0) is 0 Å². The lowest BCUT2D eigenvalue weighted by Gasteiger charge is -2.24. The van der Waals surface area contributed by atoms with E-state index in [1.54, 1.807) is 19.0 Å². The van der Waals surface area contributed by atoms with E-state index in [-0.39, 0.29) is 0 Å². The molecule has 3 nitrogen and oxygen atoms in total. The van der Waals surface area contributed by atoms with Crippen molar-refractivity contribution in [3.05, 3.63) is 0 Å². The normalized spacial score (nSPS) is 35.1. The van der Waals surface area contributed by atoms with Crippen LogP contribution in [0.4, 0.5) is 0 Å². The van der Waals surface area contributed by atoms with Gasteiger partial charge in [-0.3, -0.25) is 5.01 Å². The van der Waals surface area contributed by atoms with Crippen LogP contribution in [0.3, 0.4) is 0 Å². The minimum atomic E-state index is -0.746. The maximum absolute atomic E-state index is 9.44. The van der Waals surface area contributed by atoms with E-state index >= 15 is 0 Å². The topological polar surface area (TPSA) is 35.8 Å². The minimum Gasteiger partial charge on any atom is -0.369 e.